The molecule has 1 aromatic heterocycles. The largest absolute Gasteiger partial charge is 0.377 e. The van der Waals surface area contributed by atoms with E-state index in [1.807, 2.05) is 18.3 Å². The van der Waals surface area contributed by atoms with Gasteiger partial charge in [0.1, 0.15) is 6.23 Å². The van der Waals surface area contributed by atoms with Crippen molar-refractivity contribution < 1.29 is 5.11 Å². The van der Waals surface area contributed by atoms with Crippen LogP contribution in [0.15, 0.2) is 24.5 Å². The maximum atomic E-state index is 9.95. The maximum absolute atomic E-state index is 9.95. The van der Waals surface area contributed by atoms with Crippen molar-refractivity contribution in [2.45, 2.75) is 37.7 Å². The Balaban J connectivity index is 1.48. The fourth-order valence-corrected chi connectivity index (χ4v) is 2.47. The Bertz CT molecular complexity index is 347. The number of aliphatic hydroxyl groups excluding tert-OH is 1. The Morgan fingerprint density at radius 2 is 2.50 bits per heavy atom. The standard InChI is InChI=1S/C12H17N3O/c16-12(11-5-9-4-10(9)15-11)14-7-8-2-1-3-13-6-8/h1-3,6,9-12,14-16H,4-5,7H2/t9-,10-,11+,12?/m1/s1. The number of piperidine rings is 1. The highest BCUT2D eigenvalue weighted by Gasteiger charge is 2.47. The third-order valence-electron chi connectivity index (χ3n) is 3.53. The van der Waals surface area contributed by atoms with Gasteiger partial charge in [0, 0.05) is 31.0 Å². The van der Waals surface area contributed by atoms with Gasteiger partial charge in [-0.15, -0.1) is 0 Å². The molecular formula is C12H17N3O. The summed E-state index contributed by atoms with van der Waals surface area (Å²) in [6.07, 6.45) is 5.52. The lowest BCUT2D eigenvalue weighted by molar-refractivity contribution is 0.0942. The molecule has 86 valence electrons. The monoisotopic (exact) mass is 219 g/mol. The Morgan fingerprint density at radius 1 is 1.56 bits per heavy atom. The van der Waals surface area contributed by atoms with E-state index in [0.29, 0.717) is 12.6 Å². The number of aliphatic hydroxyl groups is 1. The van der Waals surface area contributed by atoms with Crippen LogP contribution in [0.4, 0.5) is 0 Å². The molecule has 0 bridgehead atoms. The van der Waals surface area contributed by atoms with Crippen LogP contribution >= 0.6 is 0 Å². The van der Waals surface area contributed by atoms with Crippen LogP contribution in [-0.4, -0.2) is 28.4 Å². The summed E-state index contributed by atoms with van der Waals surface area (Å²) < 4.78 is 0. The van der Waals surface area contributed by atoms with E-state index in [1.54, 1.807) is 6.20 Å². The van der Waals surface area contributed by atoms with Crippen LogP contribution in [0.3, 0.4) is 0 Å². The van der Waals surface area contributed by atoms with Gasteiger partial charge in [0.2, 0.25) is 0 Å². The number of pyridine rings is 1. The predicted molar refractivity (Wildman–Crippen MR) is 60.5 cm³/mol. The van der Waals surface area contributed by atoms with Crippen molar-refractivity contribution in [3.63, 3.8) is 0 Å². The van der Waals surface area contributed by atoms with Crippen molar-refractivity contribution in [2.24, 2.45) is 5.92 Å². The molecule has 1 aliphatic carbocycles. The topological polar surface area (TPSA) is 57.2 Å². The lowest BCUT2D eigenvalue weighted by Gasteiger charge is -2.21. The predicted octanol–water partition coefficient (Wildman–Crippen LogP) is 0.240. The minimum atomic E-state index is -0.451. The third-order valence-corrected chi connectivity index (χ3v) is 3.53. The zero-order chi connectivity index (χ0) is 11.0. The highest BCUT2D eigenvalue weighted by Crippen LogP contribution is 2.41. The van der Waals surface area contributed by atoms with Crippen LogP contribution in [0.25, 0.3) is 0 Å². The summed E-state index contributed by atoms with van der Waals surface area (Å²) in [5.74, 6) is 0.819. The molecule has 4 nitrogen and oxygen atoms in total. The summed E-state index contributed by atoms with van der Waals surface area (Å²) >= 11 is 0. The van der Waals surface area contributed by atoms with Gasteiger partial charge in [0.15, 0.2) is 0 Å². The van der Waals surface area contributed by atoms with Crippen LogP contribution < -0.4 is 10.6 Å². The van der Waals surface area contributed by atoms with Gasteiger partial charge in [-0.2, -0.15) is 0 Å². The van der Waals surface area contributed by atoms with Crippen LogP contribution in [-0.2, 0) is 6.54 Å². The number of rotatable bonds is 4. The second-order valence-electron chi connectivity index (χ2n) is 4.80. The number of aromatic nitrogens is 1. The van der Waals surface area contributed by atoms with E-state index in [1.165, 1.54) is 6.42 Å². The average Bonchev–Trinajstić information content (AvgIpc) is 2.94. The van der Waals surface area contributed by atoms with Crippen molar-refractivity contribution >= 4 is 0 Å². The molecule has 0 amide bonds. The minimum Gasteiger partial charge on any atom is -0.377 e. The van der Waals surface area contributed by atoms with Crippen LogP contribution in [0.5, 0.6) is 0 Å². The molecule has 0 aromatic carbocycles. The van der Waals surface area contributed by atoms with Crippen molar-refractivity contribution in [1.82, 2.24) is 15.6 Å². The van der Waals surface area contributed by atoms with Crippen molar-refractivity contribution in [2.75, 3.05) is 0 Å². The summed E-state index contributed by atoms with van der Waals surface area (Å²) in [5.41, 5.74) is 1.10. The molecule has 1 saturated carbocycles. The van der Waals surface area contributed by atoms with E-state index >= 15 is 0 Å². The Labute approximate surface area is 95.1 Å². The maximum Gasteiger partial charge on any atom is 0.120 e. The molecule has 2 heterocycles. The van der Waals surface area contributed by atoms with Gasteiger partial charge in [0.25, 0.3) is 0 Å². The lowest BCUT2D eigenvalue weighted by Crippen LogP contribution is -2.45. The molecule has 0 spiro atoms. The first-order chi connectivity index (χ1) is 7.83. The third kappa shape index (κ3) is 2.09. The fourth-order valence-electron chi connectivity index (χ4n) is 2.47. The number of fused-ring (bicyclic) bond motifs is 1. The van der Waals surface area contributed by atoms with E-state index in [4.69, 9.17) is 0 Å². The molecule has 2 aliphatic rings. The summed E-state index contributed by atoms with van der Waals surface area (Å²) in [6.45, 7) is 0.669. The molecular weight excluding hydrogens is 202 g/mol. The van der Waals surface area contributed by atoms with E-state index in [0.717, 1.165) is 17.9 Å². The molecule has 3 rings (SSSR count). The van der Waals surface area contributed by atoms with Gasteiger partial charge in [-0.05, 0) is 30.4 Å². The molecule has 1 unspecified atom stereocenters. The highest BCUT2D eigenvalue weighted by molar-refractivity contribution is 5.09. The van der Waals surface area contributed by atoms with Crippen molar-refractivity contribution in [1.29, 1.82) is 0 Å². The van der Waals surface area contributed by atoms with Gasteiger partial charge >= 0.3 is 0 Å². The van der Waals surface area contributed by atoms with Gasteiger partial charge in [-0.1, -0.05) is 6.07 Å². The molecule has 1 aromatic rings. The fraction of sp³-hybridized carbons (Fsp3) is 0.583. The highest BCUT2D eigenvalue weighted by atomic mass is 16.3. The lowest BCUT2D eigenvalue weighted by atomic mass is 10.1. The van der Waals surface area contributed by atoms with Crippen LogP contribution in [0, 0.1) is 5.92 Å². The average molecular weight is 219 g/mol. The van der Waals surface area contributed by atoms with Gasteiger partial charge in [-0.3, -0.25) is 10.3 Å². The Hall–Kier alpha value is -0.970. The first kappa shape index (κ1) is 10.2. The summed E-state index contributed by atoms with van der Waals surface area (Å²) in [5, 5.41) is 16.5. The second kappa shape index (κ2) is 4.13. The molecule has 16 heavy (non-hydrogen) atoms. The van der Waals surface area contributed by atoms with E-state index in [2.05, 4.69) is 15.6 Å². The number of nitrogens with one attached hydrogen (secondary N) is 2. The molecule has 1 saturated heterocycles. The molecule has 4 heteroatoms. The minimum absolute atomic E-state index is 0.223. The van der Waals surface area contributed by atoms with Crippen molar-refractivity contribution in [3.8, 4) is 0 Å². The molecule has 0 radical (unpaired) electrons. The zero-order valence-corrected chi connectivity index (χ0v) is 9.13. The number of nitrogens with zero attached hydrogens (tertiary/aromatic N) is 1. The zero-order valence-electron chi connectivity index (χ0n) is 9.13. The Morgan fingerprint density at radius 3 is 3.19 bits per heavy atom. The van der Waals surface area contributed by atoms with Gasteiger partial charge < -0.3 is 10.4 Å². The van der Waals surface area contributed by atoms with E-state index in [9.17, 15) is 5.11 Å². The van der Waals surface area contributed by atoms with Crippen LogP contribution in [0.2, 0.25) is 0 Å². The summed E-state index contributed by atoms with van der Waals surface area (Å²) in [7, 11) is 0. The second-order valence-corrected chi connectivity index (χ2v) is 4.80. The number of hydrogen-bond donors (Lipinski definition) is 3. The van der Waals surface area contributed by atoms with Gasteiger partial charge in [0.05, 0.1) is 0 Å². The molecule has 4 atom stereocenters. The summed E-state index contributed by atoms with van der Waals surface area (Å²) in [4.78, 5) is 4.04. The van der Waals surface area contributed by atoms with E-state index in [-0.39, 0.29) is 6.04 Å². The van der Waals surface area contributed by atoms with Crippen molar-refractivity contribution in [3.05, 3.63) is 30.1 Å². The smallest absolute Gasteiger partial charge is 0.120 e. The van der Waals surface area contributed by atoms with E-state index < -0.39 is 6.23 Å². The molecule has 3 N–H and O–H groups in total. The molecule has 2 fully saturated rings. The normalized spacial score (nSPS) is 33.4. The first-order valence-corrected chi connectivity index (χ1v) is 5.89. The summed E-state index contributed by atoms with van der Waals surface area (Å²) in [6, 6.07) is 4.82. The molecule has 1 aliphatic heterocycles. The van der Waals surface area contributed by atoms with Crippen LogP contribution in [0.1, 0.15) is 18.4 Å². The first-order valence-electron chi connectivity index (χ1n) is 5.89. The SMILES string of the molecule is OC(NCc1cccnc1)[C@@H]1C[C@H]2C[C@H]2N1. The Kier molecular flexibility index (Phi) is 2.63. The quantitative estimate of drug-likeness (QED) is 0.635. The number of hydrogen-bond acceptors (Lipinski definition) is 4. The van der Waals surface area contributed by atoms with Gasteiger partial charge in [-0.25, -0.2) is 0 Å².